The Morgan fingerprint density at radius 3 is 2.70 bits per heavy atom. The van der Waals surface area contributed by atoms with Gasteiger partial charge in [0, 0.05) is 11.5 Å². The van der Waals surface area contributed by atoms with Crippen LogP contribution in [-0.2, 0) is 5.41 Å². The number of halogens is 2. The predicted molar refractivity (Wildman–Crippen MR) is 72.4 cm³/mol. The first-order valence-corrected chi connectivity index (χ1v) is 6.25. The fourth-order valence-electron chi connectivity index (χ4n) is 1.45. The zero-order chi connectivity index (χ0) is 14.9. The summed E-state index contributed by atoms with van der Waals surface area (Å²) in [4.78, 5) is 15.5. The van der Waals surface area contributed by atoms with Crippen molar-refractivity contribution in [3.05, 3.63) is 40.6 Å². The van der Waals surface area contributed by atoms with Gasteiger partial charge in [0.05, 0.1) is 17.5 Å². The van der Waals surface area contributed by atoms with Crippen LogP contribution in [0.2, 0.25) is 5.15 Å². The van der Waals surface area contributed by atoms with Gasteiger partial charge in [0.15, 0.2) is 0 Å². The molecule has 0 unspecified atom stereocenters. The van der Waals surface area contributed by atoms with Gasteiger partial charge in [0.1, 0.15) is 11.0 Å². The molecule has 2 aromatic heterocycles. The third-order valence-corrected chi connectivity index (χ3v) is 2.87. The van der Waals surface area contributed by atoms with Gasteiger partial charge in [-0.05, 0) is 6.07 Å². The summed E-state index contributed by atoms with van der Waals surface area (Å²) in [6, 6.07) is 2.62. The number of aromatic nitrogens is 2. The molecule has 0 bridgehead atoms. The summed E-state index contributed by atoms with van der Waals surface area (Å²) in [5.74, 6) is -1.09. The van der Waals surface area contributed by atoms with Crippen molar-refractivity contribution in [1.82, 2.24) is 10.1 Å². The number of carbonyl (C=O) groups excluding carboxylic acids is 1. The van der Waals surface area contributed by atoms with E-state index in [4.69, 9.17) is 16.1 Å². The summed E-state index contributed by atoms with van der Waals surface area (Å²) >= 11 is 5.75. The summed E-state index contributed by atoms with van der Waals surface area (Å²) in [5.41, 5.74) is 0.418. The van der Waals surface area contributed by atoms with Crippen molar-refractivity contribution < 1.29 is 13.7 Å². The first-order valence-electron chi connectivity index (χ1n) is 5.87. The van der Waals surface area contributed by atoms with Crippen LogP contribution >= 0.6 is 11.6 Å². The largest absolute Gasteiger partial charge is 0.338 e. The fraction of sp³-hybridized carbons (Fsp3) is 0.308. The molecular formula is C13H13ClFN3O2. The molecule has 106 valence electrons. The standard InChI is InChI=1S/C13H13ClFN3O2/c1-13(2,3)9-5-10(20-18-9)17-12(19)8-4-7(15)6-16-11(8)14/h4-6H,1-3H3,(H,17,19). The zero-order valence-electron chi connectivity index (χ0n) is 11.2. The molecule has 0 aromatic carbocycles. The van der Waals surface area contributed by atoms with E-state index in [1.807, 2.05) is 20.8 Å². The Morgan fingerprint density at radius 1 is 1.40 bits per heavy atom. The Labute approximate surface area is 120 Å². The highest BCUT2D eigenvalue weighted by Gasteiger charge is 2.20. The third kappa shape index (κ3) is 3.14. The van der Waals surface area contributed by atoms with Gasteiger partial charge < -0.3 is 4.52 Å². The molecule has 0 saturated carbocycles. The lowest BCUT2D eigenvalue weighted by molar-refractivity contribution is 0.102. The molecule has 0 atom stereocenters. The lowest BCUT2D eigenvalue weighted by Crippen LogP contribution is -2.13. The summed E-state index contributed by atoms with van der Waals surface area (Å²) in [5, 5.41) is 6.24. The molecule has 2 rings (SSSR count). The molecular weight excluding hydrogens is 285 g/mol. The molecule has 0 saturated heterocycles. The number of hydrogen-bond donors (Lipinski definition) is 1. The summed E-state index contributed by atoms with van der Waals surface area (Å²) in [7, 11) is 0. The van der Waals surface area contributed by atoms with Gasteiger partial charge in [-0.1, -0.05) is 37.5 Å². The average Bonchev–Trinajstić information content (AvgIpc) is 2.80. The molecule has 1 amide bonds. The molecule has 0 radical (unpaired) electrons. The second-order valence-corrected chi connectivity index (χ2v) is 5.63. The fourth-order valence-corrected chi connectivity index (χ4v) is 1.64. The first-order chi connectivity index (χ1) is 9.27. The second kappa shape index (κ2) is 5.20. The van der Waals surface area contributed by atoms with Crippen LogP contribution in [0.4, 0.5) is 10.3 Å². The minimum atomic E-state index is -0.646. The number of hydrogen-bond acceptors (Lipinski definition) is 4. The van der Waals surface area contributed by atoms with Crippen LogP contribution in [0, 0.1) is 5.82 Å². The van der Waals surface area contributed by atoms with Crippen molar-refractivity contribution >= 4 is 23.4 Å². The van der Waals surface area contributed by atoms with Crippen LogP contribution in [0.3, 0.4) is 0 Å². The number of pyridine rings is 1. The van der Waals surface area contributed by atoms with E-state index in [-0.39, 0.29) is 22.0 Å². The molecule has 2 heterocycles. The first kappa shape index (κ1) is 14.5. The van der Waals surface area contributed by atoms with Crippen LogP contribution < -0.4 is 5.32 Å². The van der Waals surface area contributed by atoms with Gasteiger partial charge in [-0.2, -0.15) is 0 Å². The van der Waals surface area contributed by atoms with E-state index in [9.17, 15) is 9.18 Å². The van der Waals surface area contributed by atoms with E-state index in [0.717, 1.165) is 12.3 Å². The Kier molecular flexibility index (Phi) is 3.76. The summed E-state index contributed by atoms with van der Waals surface area (Å²) in [6.45, 7) is 5.89. The Bertz CT molecular complexity index is 649. The molecule has 0 aliphatic heterocycles. The Morgan fingerprint density at radius 2 is 2.10 bits per heavy atom. The minimum absolute atomic E-state index is 0.0691. The number of nitrogens with zero attached hydrogens (tertiary/aromatic N) is 2. The number of anilines is 1. The van der Waals surface area contributed by atoms with Crippen LogP contribution in [0.1, 0.15) is 36.8 Å². The number of amides is 1. The van der Waals surface area contributed by atoms with E-state index in [0.29, 0.717) is 5.69 Å². The van der Waals surface area contributed by atoms with Crippen LogP contribution in [0.15, 0.2) is 22.9 Å². The van der Waals surface area contributed by atoms with E-state index >= 15 is 0 Å². The molecule has 20 heavy (non-hydrogen) atoms. The van der Waals surface area contributed by atoms with Crippen molar-refractivity contribution in [3.63, 3.8) is 0 Å². The van der Waals surface area contributed by atoms with E-state index < -0.39 is 11.7 Å². The smallest absolute Gasteiger partial charge is 0.261 e. The molecule has 0 fully saturated rings. The van der Waals surface area contributed by atoms with Gasteiger partial charge in [-0.3, -0.25) is 10.1 Å². The van der Waals surface area contributed by atoms with Crippen molar-refractivity contribution in [3.8, 4) is 0 Å². The number of rotatable bonds is 2. The maximum Gasteiger partial charge on any atom is 0.261 e. The van der Waals surface area contributed by atoms with Crippen molar-refractivity contribution in [2.75, 3.05) is 5.32 Å². The number of nitrogens with one attached hydrogen (secondary N) is 1. The third-order valence-electron chi connectivity index (χ3n) is 2.57. The minimum Gasteiger partial charge on any atom is -0.338 e. The van der Waals surface area contributed by atoms with E-state index in [2.05, 4.69) is 15.5 Å². The molecule has 1 N–H and O–H groups in total. The maximum atomic E-state index is 13.1. The van der Waals surface area contributed by atoms with Gasteiger partial charge in [-0.25, -0.2) is 9.37 Å². The molecule has 0 spiro atoms. The molecule has 2 aromatic rings. The van der Waals surface area contributed by atoms with E-state index in [1.54, 1.807) is 6.07 Å². The predicted octanol–water partition coefficient (Wildman–Crippen LogP) is 3.41. The maximum absolute atomic E-state index is 13.1. The summed E-state index contributed by atoms with van der Waals surface area (Å²) < 4.78 is 18.1. The highest BCUT2D eigenvalue weighted by Crippen LogP contribution is 2.24. The van der Waals surface area contributed by atoms with Crippen molar-refractivity contribution in [2.24, 2.45) is 0 Å². The van der Waals surface area contributed by atoms with Crippen molar-refractivity contribution in [2.45, 2.75) is 26.2 Å². The Hall–Kier alpha value is -1.95. The molecule has 5 nitrogen and oxygen atoms in total. The SMILES string of the molecule is CC(C)(C)c1cc(NC(=O)c2cc(F)cnc2Cl)on1. The quantitative estimate of drug-likeness (QED) is 0.863. The van der Waals surface area contributed by atoms with Crippen LogP contribution in [0.5, 0.6) is 0 Å². The summed E-state index contributed by atoms with van der Waals surface area (Å²) in [6.07, 6.45) is 0.936. The van der Waals surface area contributed by atoms with Crippen LogP contribution in [-0.4, -0.2) is 16.0 Å². The van der Waals surface area contributed by atoms with Gasteiger partial charge in [0.2, 0.25) is 5.88 Å². The second-order valence-electron chi connectivity index (χ2n) is 5.27. The molecule has 0 aliphatic rings. The molecule has 7 heteroatoms. The Balaban J connectivity index is 2.20. The lowest BCUT2D eigenvalue weighted by Gasteiger charge is -2.12. The highest BCUT2D eigenvalue weighted by atomic mass is 35.5. The van der Waals surface area contributed by atoms with Crippen molar-refractivity contribution in [1.29, 1.82) is 0 Å². The lowest BCUT2D eigenvalue weighted by atomic mass is 9.92. The number of carbonyl (C=O) groups is 1. The van der Waals surface area contributed by atoms with E-state index in [1.165, 1.54) is 0 Å². The van der Waals surface area contributed by atoms with Gasteiger partial charge >= 0.3 is 0 Å². The highest BCUT2D eigenvalue weighted by molar-refractivity contribution is 6.33. The monoisotopic (exact) mass is 297 g/mol. The average molecular weight is 298 g/mol. The topological polar surface area (TPSA) is 68.0 Å². The van der Waals surface area contributed by atoms with Gasteiger partial charge in [-0.15, -0.1) is 0 Å². The normalized spacial score (nSPS) is 11.4. The van der Waals surface area contributed by atoms with Crippen LogP contribution in [0.25, 0.3) is 0 Å². The van der Waals surface area contributed by atoms with Gasteiger partial charge in [0.25, 0.3) is 5.91 Å². The zero-order valence-corrected chi connectivity index (χ0v) is 12.0. The molecule has 0 aliphatic carbocycles.